The molecule has 2 heterocycles. The van der Waals surface area contributed by atoms with Gasteiger partial charge < -0.3 is 4.74 Å². The number of aryl methyl sites for hydroxylation is 1. The lowest BCUT2D eigenvalue weighted by Gasteiger charge is -2.27. The van der Waals surface area contributed by atoms with Gasteiger partial charge in [-0.3, -0.25) is 19.2 Å². The average Bonchev–Trinajstić information content (AvgIpc) is 3.39. The maximum Gasteiger partial charge on any atom is 0.241 e. The summed E-state index contributed by atoms with van der Waals surface area (Å²) in [5.74, 6) is -4.87. The Morgan fingerprint density at radius 3 is 1.94 bits per heavy atom. The molecule has 6 nitrogen and oxygen atoms in total. The number of fused-ring (bicyclic) bond motifs is 3. The largest absolute Gasteiger partial charge is 0.349 e. The molecule has 0 radical (unpaired) electrons. The zero-order chi connectivity index (χ0) is 24.6. The van der Waals surface area contributed by atoms with Crippen molar-refractivity contribution in [1.29, 1.82) is 0 Å². The normalized spacial score (nSPS) is 24.4. The summed E-state index contributed by atoms with van der Waals surface area (Å²) in [6, 6.07) is 18.0. The molecule has 2 amide bonds. The predicted molar refractivity (Wildman–Crippen MR) is 129 cm³/mol. The molecule has 3 aliphatic rings. The first-order valence-electron chi connectivity index (χ1n) is 11.0. The van der Waals surface area contributed by atoms with E-state index >= 15 is 0 Å². The Hall–Kier alpha value is -3.32. The minimum atomic E-state index is -2.12. The third-order valence-corrected chi connectivity index (χ3v) is 7.47. The minimum Gasteiger partial charge on any atom is -0.349 e. The van der Waals surface area contributed by atoms with Crippen LogP contribution in [0.15, 0.2) is 66.7 Å². The number of halogens is 2. The second-order valence-electron chi connectivity index (χ2n) is 9.03. The summed E-state index contributed by atoms with van der Waals surface area (Å²) in [5.41, 5.74) is 0.0256. The SMILES string of the molecule is Cc1ccc(C2OC3(C(=O)c4ccccc4C3=O)C3C(=O)N(c4cc(Cl)cc(Cl)c4)C(=O)C23)cc1. The molecular formula is C27H17Cl2NO5. The Labute approximate surface area is 210 Å². The number of carbonyl (C=O) groups excluding carboxylic acids is 4. The van der Waals surface area contributed by atoms with Crippen molar-refractivity contribution in [3.63, 3.8) is 0 Å². The summed E-state index contributed by atoms with van der Waals surface area (Å²) in [6.45, 7) is 1.92. The molecule has 3 aromatic rings. The first-order chi connectivity index (χ1) is 16.7. The second kappa shape index (κ2) is 7.59. The van der Waals surface area contributed by atoms with Gasteiger partial charge in [-0.2, -0.15) is 0 Å². The third-order valence-electron chi connectivity index (χ3n) is 7.03. The van der Waals surface area contributed by atoms with Crippen LogP contribution in [0.3, 0.4) is 0 Å². The number of imide groups is 1. The van der Waals surface area contributed by atoms with Gasteiger partial charge in [0.2, 0.25) is 29.0 Å². The first-order valence-corrected chi connectivity index (χ1v) is 11.8. The summed E-state index contributed by atoms with van der Waals surface area (Å²) < 4.78 is 6.26. The van der Waals surface area contributed by atoms with Gasteiger partial charge >= 0.3 is 0 Å². The van der Waals surface area contributed by atoms with E-state index in [2.05, 4.69) is 0 Å². The van der Waals surface area contributed by atoms with Gasteiger partial charge in [0.25, 0.3) is 0 Å². The number of Topliss-reactive ketones (excluding diaryl/α,β-unsaturated/α-hetero) is 2. The van der Waals surface area contributed by atoms with Crippen LogP contribution in [0.1, 0.15) is 37.9 Å². The van der Waals surface area contributed by atoms with Crippen LogP contribution in [0.25, 0.3) is 0 Å². The van der Waals surface area contributed by atoms with Gasteiger partial charge in [-0.15, -0.1) is 0 Å². The van der Waals surface area contributed by atoms with E-state index < -0.39 is 46.9 Å². The van der Waals surface area contributed by atoms with E-state index in [-0.39, 0.29) is 26.9 Å². The maximum atomic E-state index is 13.9. The minimum absolute atomic E-state index is 0.181. The Morgan fingerprint density at radius 1 is 0.800 bits per heavy atom. The van der Waals surface area contributed by atoms with E-state index in [1.165, 1.54) is 30.3 Å². The van der Waals surface area contributed by atoms with E-state index in [1.807, 2.05) is 19.1 Å². The molecule has 0 saturated carbocycles. The Morgan fingerprint density at radius 2 is 1.37 bits per heavy atom. The van der Waals surface area contributed by atoms with Crippen LogP contribution in [-0.2, 0) is 14.3 Å². The molecule has 2 aliphatic heterocycles. The number of ketones is 2. The van der Waals surface area contributed by atoms with Crippen LogP contribution in [0.2, 0.25) is 10.0 Å². The lowest BCUT2D eigenvalue weighted by atomic mass is 9.77. The highest BCUT2D eigenvalue weighted by Crippen LogP contribution is 2.57. The fourth-order valence-corrected chi connectivity index (χ4v) is 6.01. The molecule has 2 fully saturated rings. The molecule has 0 N–H and O–H groups in total. The van der Waals surface area contributed by atoms with Crippen molar-refractivity contribution in [3.05, 3.63) is 99.0 Å². The number of nitrogens with zero attached hydrogens (tertiary/aromatic N) is 1. The number of benzene rings is 3. The summed E-state index contributed by atoms with van der Waals surface area (Å²) >= 11 is 12.3. The van der Waals surface area contributed by atoms with E-state index in [0.717, 1.165) is 10.5 Å². The molecule has 3 atom stereocenters. The zero-order valence-corrected chi connectivity index (χ0v) is 19.8. The van der Waals surface area contributed by atoms with Gasteiger partial charge in [-0.25, -0.2) is 4.90 Å². The smallest absolute Gasteiger partial charge is 0.241 e. The van der Waals surface area contributed by atoms with E-state index in [4.69, 9.17) is 27.9 Å². The molecule has 1 spiro atoms. The summed E-state index contributed by atoms with van der Waals surface area (Å²) in [5, 5.41) is 0.485. The van der Waals surface area contributed by atoms with Gasteiger partial charge in [0, 0.05) is 21.2 Å². The third kappa shape index (κ3) is 2.94. The molecule has 6 rings (SSSR count). The highest BCUT2D eigenvalue weighted by Gasteiger charge is 2.74. The van der Waals surface area contributed by atoms with Gasteiger partial charge in [-0.1, -0.05) is 77.3 Å². The van der Waals surface area contributed by atoms with Crippen LogP contribution in [0.5, 0.6) is 0 Å². The molecule has 8 heteroatoms. The summed E-state index contributed by atoms with van der Waals surface area (Å²) in [7, 11) is 0. The van der Waals surface area contributed by atoms with Crippen LogP contribution in [-0.4, -0.2) is 29.0 Å². The van der Waals surface area contributed by atoms with Crippen molar-refractivity contribution < 1.29 is 23.9 Å². The Kier molecular flexibility index (Phi) is 4.81. The number of anilines is 1. The van der Waals surface area contributed by atoms with Gasteiger partial charge in [0.05, 0.1) is 23.6 Å². The predicted octanol–water partition coefficient (Wildman–Crippen LogP) is 5.00. The van der Waals surface area contributed by atoms with Crippen molar-refractivity contribution in [1.82, 2.24) is 0 Å². The van der Waals surface area contributed by atoms with E-state index in [0.29, 0.717) is 5.56 Å². The van der Waals surface area contributed by atoms with Crippen LogP contribution in [0, 0.1) is 18.8 Å². The van der Waals surface area contributed by atoms with E-state index in [1.54, 1.807) is 24.3 Å². The van der Waals surface area contributed by atoms with Crippen LogP contribution in [0.4, 0.5) is 5.69 Å². The highest BCUT2D eigenvalue weighted by atomic mass is 35.5. The topological polar surface area (TPSA) is 80.8 Å². The van der Waals surface area contributed by atoms with Gasteiger partial charge in [0.1, 0.15) is 0 Å². The first kappa shape index (κ1) is 22.2. The molecule has 1 aliphatic carbocycles. The number of carbonyl (C=O) groups is 4. The molecule has 0 aromatic heterocycles. The number of amides is 2. The quantitative estimate of drug-likeness (QED) is 0.361. The molecule has 3 aromatic carbocycles. The van der Waals surface area contributed by atoms with Crippen LogP contribution < -0.4 is 4.90 Å². The van der Waals surface area contributed by atoms with Crippen molar-refractivity contribution in [3.8, 4) is 0 Å². The molecule has 2 saturated heterocycles. The monoisotopic (exact) mass is 505 g/mol. The van der Waals surface area contributed by atoms with Crippen molar-refractivity contribution >= 4 is 52.3 Å². The standard InChI is InChI=1S/C27H17Cl2NO5/c1-13-6-8-14(9-7-13)22-20-21(26(34)30(25(20)33)17-11-15(28)10-16(29)12-17)27(35-22)23(31)18-4-2-3-5-19(18)24(27)32/h2-12,20-22H,1H3. The molecule has 35 heavy (non-hydrogen) atoms. The second-order valence-corrected chi connectivity index (χ2v) is 9.90. The average molecular weight is 506 g/mol. The zero-order valence-electron chi connectivity index (χ0n) is 18.3. The summed E-state index contributed by atoms with van der Waals surface area (Å²) in [6.07, 6.45) is -0.973. The summed E-state index contributed by atoms with van der Waals surface area (Å²) in [4.78, 5) is 56.2. The molecular weight excluding hydrogens is 489 g/mol. The lowest BCUT2D eigenvalue weighted by molar-refractivity contribution is -0.127. The number of rotatable bonds is 2. The lowest BCUT2D eigenvalue weighted by Crippen LogP contribution is -2.51. The molecule has 0 bridgehead atoms. The van der Waals surface area contributed by atoms with Gasteiger partial charge in [-0.05, 0) is 30.7 Å². The molecule has 3 unspecified atom stereocenters. The number of hydrogen-bond donors (Lipinski definition) is 0. The Balaban J connectivity index is 1.55. The number of hydrogen-bond acceptors (Lipinski definition) is 5. The van der Waals surface area contributed by atoms with Crippen LogP contribution >= 0.6 is 23.2 Å². The van der Waals surface area contributed by atoms with E-state index in [9.17, 15) is 19.2 Å². The van der Waals surface area contributed by atoms with Crippen molar-refractivity contribution in [2.75, 3.05) is 4.90 Å². The number of ether oxygens (including phenoxy) is 1. The molecule has 174 valence electrons. The Bertz CT molecular complexity index is 1410. The fraction of sp³-hybridized carbons (Fsp3) is 0.185. The fourth-order valence-electron chi connectivity index (χ4n) is 5.50. The van der Waals surface area contributed by atoms with Crippen molar-refractivity contribution in [2.45, 2.75) is 18.6 Å². The maximum absolute atomic E-state index is 13.9. The highest BCUT2D eigenvalue weighted by molar-refractivity contribution is 6.38. The van der Waals surface area contributed by atoms with Gasteiger partial charge in [0.15, 0.2) is 0 Å². The van der Waals surface area contributed by atoms with Crippen molar-refractivity contribution in [2.24, 2.45) is 11.8 Å².